The van der Waals surface area contributed by atoms with Crippen LogP contribution in [0.4, 0.5) is 0 Å². The monoisotopic (exact) mass is 213 g/mol. The summed E-state index contributed by atoms with van der Waals surface area (Å²) in [4.78, 5) is 0. The van der Waals surface area contributed by atoms with Gasteiger partial charge in [0, 0.05) is 25.9 Å². The molecule has 0 aromatic carbocycles. The highest BCUT2D eigenvalue weighted by atomic mass is 16.5. The van der Waals surface area contributed by atoms with E-state index in [0.29, 0.717) is 6.04 Å². The summed E-state index contributed by atoms with van der Waals surface area (Å²) >= 11 is 0. The van der Waals surface area contributed by atoms with Gasteiger partial charge >= 0.3 is 0 Å². The van der Waals surface area contributed by atoms with Crippen molar-refractivity contribution in [1.82, 2.24) is 5.32 Å². The fraction of sp³-hybridized carbons (Fsp3) is 1.00. The number of rotatable bonds is 5. The van der Waals surface area contributed by atoms with Crippen molar-refractivity contribution in [3.05, 3.63) is 0 Å². The molecular formula is C12H23NO2. The minimum absolute atomic E-state index is 0.606. The molecule has 0 amide bonds. The molecule has 2 aliphatic rings. The van der Waals surface area contributed by atoms with Crippen LogP contribution in [0.25, 0.3) is 0 Å². The van der Waals surface area contributed by atoms with Gasteiger partial charge in [-0.05, 0) is 44.6 Å². The highest BCUT2D eigenvalue weighted by Gasteiger charge is 2.22. The molecule has 0 aromatic heterocycles. The minimum Gasteiger partial charge on any atom is -0.381 e. The maximum Gasteiger partial charge on any atom is 0.0509 e. The predicted molar refractivity (Wildman–Crippen MR) is 59.9 cm³/mol. The third kappa shape index (κ3) is 3.44. The van der Waals surface area contributed by atoms with Crippen LogP contribution in [0.1, 0.15) is 26.2 Å². The van der Waals surface area contributed by atoms with Crippen LogP contribution in [0.2, 0.25) is 0 Å². The second-order valence-corrected chi connectivity index (χ2v) is 4.88. The summed E-state index contributed by atoms with van der Waals surface area (Å²) in [7, 11) is 0. The van der Waals surface area contributed by atoms with Crippen LogP contribution in [-0.2, 0) is 9.47 Å². The molecule has 3 unspecified atom stereocenters. The van der Waals surface area contributed by atoms with Crippen LogP contribution in [0.3, 0.4) is 0 Å². The smallest absolute Gasteiger partial charge is 0.0509 e. The van der Waals surface area contributed by atoms with E-state index in [4.69, 9.17) is 9.47 Å². The van der Waals surface area contributed by atoms with E-state index in [1.807, 2.05) is 0 Å². The average molecular weight is 213 g/mol. The van der Waals surface area contributed by atoms with Gasteiger partial charge in [-0.15, -0.1) is 0 Å². The summed E-state index contributed by atoms with van der Waals surface area (Å²) in [5.41, 5.74) is 0. The first-order chi connectivity index (χ1) is 7.36. The molecule has 0 aliphatic carbocycles. The lowest BCUT2D eigenvalue weighted by atomic mass is 10.00. The van der Waals surface area contributed by atoms with Gasteiger partial charge in [0.2, 0.25) is 0 Å². The Balaban J connectivity index is 1.56. The summed E-state index contributed by atoms with van der Waals surface area (Å²) in [5, 5.41) is 3.62. The quantitative estimate of drug-likeness (QED) is 0.749. The molecule has 0 bridgehead atoms. The first-order valence-corrected chi connectivity index (χ1v) is 6.25. The fourth-order valence-corrected chi connectivity index (χ4v) is 2.44. The van der Waals surface area contributed by atoms with Gasteiger partial charge in [-0.3, -0.25) is 0 Å². The van der Waals surface area contributed by atoms with Crippen molar-refractivity contribution in [1.29, 1.82) is 0 Å². The predicted octanol–water partition coefficient (Wildman–Crippen LogP) is 1.43. The molecular weight excluding hydrogens is 190 g/mol. The molecule has 3 atom stereocenters. The molecule has 2 rings (SSSR count). The molecule has 0 aromatic rings. The number of hydrogen-bond acceptors (Lipinski definition) is 3. The van der Waals surface area contributed by atoms with Crippen LogP contribution < -0.4 is 5.32 Å². The topological polar surface area (TPSA) is 30.5 Å². The minimum atomic E-state index is 0.606. The van der Waals surface area contributed by atoms with E-state index in [2.05, 4.69) is 12.2 Å². The van der Waals surface area contributed by atoms with E-state index in [9.17, 15) is 0 Å². The standard InChI is InChI=1S/C12H23NO2/c1-10(12-4-7-15-9-12)13-5-2-11-3-6-14-8-11/h10-13H,2-9H2,1H3. The Hall–Kier alpha value is -0.120. The summed E-state index contributed by atoms with van der Waals surface area (Å²) in [6.45, 7) is 7.25. The van der Waals surface area contributed by atoms with E-state index in [0.717, 1.165) is 44.8 Å². The zero-order chi connectivity index (χ0) is 10.5. The van der Waals surface area contributed by atoms with E-state index in [-0.39, 0.29) is 0 Å². The molecule has 2 saturated heterocycles. The van der Waals surface area contributed by atoms with E-state index in [1.165, 1.54) is 19.3 Å². The Kier molecular flexibility index (Phi) is 4.42. The molecule has 2 heterocycles. The Bertz CT molecular complexity index is 174. The lowest BCUT2D eigenvalue weighted by Crippen LogP contribution is -2.35. The van der Waals surface area contributed by atoms with Gasteiger partial charge < -0.3 is 14.8 Å². The summed E-state index contributed by atoms with van der Waals surface area (Å²) < 4.78 is 10.8. The lowest BCUT2D eigenvalue weighted by Gasteiger charge is -2.20. The molecule has 3 heteroatoms. The van der Waals surface area contributed by atoms with Gasteiger partial charge in [0.15, 0.2) is 0 Å². The Labute approximate surface area is 92.5 Å². The molecule has 0 radical (unpaired) electrons. The number of hydrogen-bond donors (Lipinski definition) is 1. The molecule has 3 nitrogen and oxygen atoms in total. The van der Waals surface area contributed by atoms with Gasteiger partial charge in [0.25, 0.3) is 0 Å². The van der Waals surface area contributed by atoms with Gasteiger partial charge in [-0.2, -0.15) is 0 Å². The molecule has 0 saturated carbocycles. The van der Waals surface area contributed by atoms with E-state index in [1.54, 1.807) is 0 Å². The molecule has 0 spiro atoms. The SMILES string of the molecule is CC(NCCC1CCOC1)C1CCOC1. The normalized spacial score (nSPS) is 33.4. The summed E-state index contributed by atoms with van der Waals surface area (Å²) in [6.07, 6.45) is 3.74. The lowest BCUT2D eigenvalue weighted by molar-refractivity contribution is 0.176. The molecule has 2 fully saturated rings. The second-order valence-electron chi connectivity index (χ2n) is 4.88. The van der Waals surface area contributed by atoms with E-state index < -0.39 is 0 Å². The first kappa shape index (κ1) is 11.4. The highest BCUT2D eigenvalue weighted by molar-refractivity contribution is 4.76. The third-order valence-corrected chi connectivity index (χ3v) is 3.71. The maximum absolute atomic E-state index is 5.40. The van der Waals surface area contributed by atoms with Crippen LogP contribution in [0, 0.1) is 11.8 Å². The molecule has 15 heavy (non-hydrogen) atoms. The molecule has 2 aliphatic heterocycles. The largest absolute Gasteiger partial charge is 0.381 e. The van der Waals surface area contributed by atoms with Crippen LogP contribution in [-0.4, -0.2) is 39.0 Å². The zero-order valence-electron chi connectivity index (χ0n) is 9.71. The first-order valence-electron chi connectivity index (χ1n) is 6.25. The number of ether oxygens (including phenoxy) is 2. The maximum atomic E-state index is 5.40. The third-order valence-electron chi connectivity index (χ3n) is 3.71. The van der Waals surface area contributed by atoms with Crippen molar-refractivity contribution in [2.24, 2.45) is 11.8 Å². The second kappa shape index (κ2) is 5.83. The zero-order valence-corrected chi connectivity index (χ0v) is 9.71. The van der Waals surface area contributed by atoms with Gasteiger partial charge in [-0.1, -0.05) is 0 Å². The van der Waals surface area contributed by atoms with Crippen molar-refractivity contribution < 1.29 is 9.47 Å². The van der Waals surface area contributed by atoms with Crippen LogP contribution >= 0.6 is 0 Å². The summed E-state index contributed by atoms with van der Waals surface area (Å²) in [6, 6.07) is 0.606. The Morgan fingerprint density at radius 3 is 2.67 bits per heavy atom. The Morgan fingerprint density at radius 2 is 2.00 bits per heavy atom. The highest BCUT2D eigenvalue weighted by Crippen LogP contribution is 2.18. The van der Waals surface area contributed by atoms with Crippen molar-refractivity contribution in [3.8, 4) is 0 Å². The van der Waals surface area contributed by atoms with Crippen LogP contribution in [0.15, 0.2) is 0 Å². The van der Waals surface area contributed by atoms with Gasteiger partial charge in [0.05, 0.1) is 6.61 Å². The van der Waals surface area contributed by atoms with Crippen molar-refractivity contribution in [2.45, 2.75) is 32.2 Å². The summed E-state index contributed by atoms with van der Waals surface area (Å²) in [5.74, 6) is 1.52. The Morgan fingerprint density at radius 1 is 1.20 bits per heavy atom. The fourth-order valence-electron chi connectivity index (χ4n) is 2.44. The van der Waals surface area contributed by atoms with Gasteiger partial charge in [0.1, 0.15) is 0 Å². The van der Waals surface area contributed by atoms with Gasteiger partial charge in [-0.25, -0.2) is 0 Å². The molecule has 1 N–H and O–H groups in total. The van der Waals surface area contributed by atoms with Crippen molar-refractivity contribution in [3.63, 3.8) is 0 Å². The molecule has 88 valence electrons. The average Bonchev–Trinajstić information content (AvgIpc) is 2.90. The van der Waals surface area contributed by atoms with Crippen LogP contribution in [0.5, 0.6) is 0 Å². The van der Waals surface area contributed by atoms with Crippen molar-refractivity contribution >= 4 is 0 Å². The number of nitrogens with one attached hydrogen (secondary N) is 1. The van der Waals surface area contributed by atoms with Crippen molar-refractivity contribution in [2.75, 3.05) is 33.0 Å². The van der Waals surface area contributed by atoms with E-state index >= 15 is 0 Å².